The van der Waals surface area contributed by atoms with Gasteiger partial charge in [-0.1, -0.05) is 48.5 Å². The Balaban J connectivity index is 1.06. The number of fused-ring (bicyclic) bond motifs is 1. The van der Waals surface area contributed by atoms with E-state index in [-0.39, 0.29) is 19.1 Å². The van der Waals surface area contributed by atoms with Gasteiger partial charge in [-0.25, -0.2) is 0 Å². The SMILES string of the molecule is O=C(COc1ccc(Oc2ccccc2)cc1)NCCOc1ccc2nnc(-c3ccccc3)n2n1. The topological polar surface area (TPSA) is 99.9 Å². The monoisotopic (exact) mass is 481 g/mol. The molecule has 180 valence electrons. The van der Waals surface area contributed by atoms with Crippen molar-refractivity contribution in [2.75, 3.05) is 19.8 Å². The van der Waals surface area contributed by atoms with Crippen LogP contribution in [0.4, 0.5) is 0 Å². The maximum Gasteiger partial charge on any atom is 0.258 e. The second-order valence-corrected chi connectivity index (χ2v) is 7.70. The zero-order valence-electron chi connectivity index (χ0n) is 19.3. The summed E-state index contributed by atoms with van der Waals surface area (Å²) in [4.78, 5) is 12.1. The van der Waals surface area contributed by atoms with Gasteiger partial charge in [-0.15, -0.1) is 15.3 Å². The molecule has 0 aliphatic heterocycles. The molecule has 1 amide bonds. The molecule has 5 rings (SSSR count). The number of benzene rings is 3. The lowest BCUT2D eigenvalue weighted by molar-refractivity contribution is -0.123. The summed E-state index contributed by atoms with van der Waals surface area (Å²) in [5.41, 5.74) is 1.52. The van der Waals surface area contributed by atoms with Crippen molar-refractivity contribution in [2.45, 2.75) is 0 Å². The van der Waals surface area contributed by atoms with Gasteiger partial charge < -0.3 is 19.5 Å². The lowest BCUT2D eigenvalue weighted by Gasteiger charge is -2.10. The third-order valence-corrected chi connectivity index (χ3v) is 5.12. The lowest BCUT2D eigenvalue weighted by Crippen LogP contribution is -2.32. The van der Waals surface area contributed by atoms with E-state index < -0.39 is 0 Å². The molecule has 9 heteroatoms. The van der Waals surface area contributed by atoms with Crippen molar-refractivity contribution in [3.63, 3.8) is 0 Å². The average molecular weight is 482 g/mol. The summed E-state index contributed by atoms with van der Waals surface area (Å²) in [6.45, 7) is 0.447. The zero-order chi connectivity index (χ0) is 24.6. The van der Waals surface area contributed by atoms with Crippen LogP contribution in [0.2, 0.25) is 0 Å². The fraction of sp³-hybridized carbons (Fsp3) is 0.111. The van der Waals surface area contributed by atoms with Gasteiger partial charge in [-0.05, 0) is 42.5 Å². The zero-order valence-corrected chi connectivity index (χ0v) is 19.3. The second kappa shape index (κ2) is 11.0. The molecular weight excluding hydrogens is 458 g/mol. The Hall–Kier alpha value is -4.92. The van der Waals surface area contributed by atoms with Gasteiger partial charge in [0.15, 0.2) is 18.1 Å². The van der Waals surface area contributed by atoms with Crippen molar-refractivity contribution in [3.05, 3.63) is 97.1 Å². The molecule has 0 bridgehead atoms. The highest BCUT2D eigenvalue weighted by atomic mass is 16.5. The molecule has 0 saturated carbocycles. The van der Waals surface area contributed by atoms with Gasteiger partial charge in [0, 0.05) is 11.6 Å². The van der Waals surface area contributed by atoms with E-state index in [2.05, 4.69) is 20.6 Å². The predicted molar refractivity (Wildman–Crippen MR) is 133 cm³/mol. The fourth-order valence-corrected chi connectivity index (χ4v) is 3.39. The van der Waals surface area contributed by atoms with Gasteiger partial charge in [0.25, 0.3) is 5.91 Å². The van der Waals surface area contributed by atoms with E-state index in [0.29, 0.717) is 35.4 Å². The average Bonchev–Trinajstić information content (AvgIpc) is 3.35. The number of hydrogen-bond donors (Lipinski definition) is 1. The predicted octanol–water partition coefficient (Wildman–Crippen LogP) is 4.16. The molecule has 0 saturated heterocycles. The Morgan fingerprint density at radius 3 is 2.22 bits per heavy atom. The lowest BCUT2D eigenvalue weighted by atomic mass is 10.2. The van der Waals surface area contributed by atoms with E-state index in [4.69, 9.17) is 14.2 Å². The van der Waals surface area contributed by atoms with E-state index in [1.807, 2.05) is 60.7 Å². The second-order valence-electron chi connectivity index (χ2n) is 7.70. The van der Waals surface area contributed by atoms with Gasteiger partial charge in [-0.2, -0.15) is 4.52 Å². The molecule has 36 heavy (non-hydrogen) atoms. The Bertz CT molecular complexity index is 1420. The van der Waals surface area contributed by atoms with Gasteiger partial charge >= 0.3 is 0 Å². The highest BCUT2D eigenvalue weighted by molar-refractivity contribution is 5.77. The summed E-state index contributed by atoms with van der Waals surface area (Å²) in [6.07, 6.45) is 0. The van der Waals surface area contributed by atoms with Crippen LogP contribution in [0.1, 0.15) is 0 Å². The molecule has 2 heterocycles. The number of carbonyl (C=O) groups is 1. The molecule has 0 fully saturated rings. The first kappa shape index (κ1) is 22.9. The van der Waals surface area contributed by atoms with Crippen molar-refractivity contribution in [2.24, 2.45) is 0 Å². The standard InChI is InChI=1S/C27H23N5O4/c33-25(19-35-21-11-13-23(14-12-21)36-22-9-5-2-6-10-22)28-17-18-34-26-16-15-24-29-30-27(32(24)31-26)20-7-3-1-4-8-20/h1-16H,17-19H2,(H,28,33). The number of ether oxygens (including phenoxy) is 3. The van der Waals surface area contributed by atoms with Crippen molar-refractivity contribution in [1.29, 1.82) is 0 Å². The maximum atomic E-state index is 12.1. The van der Waals surface area contributed by atoms with Crippen molar-refractivity contribution in [3.8, 4) is 34.5 Å². The number of para-hydroxylation sites is 1. The number of aromatic nitrogens is 4. The molecule has 1 N–H and O–H groups in total. The van der Waals surface area contributed by atoms with Gasteiger partial charge in [0.2, 0.25) is 5.88 Å². The Morgan fingerprint density at radius 1 is 0.750 bits per heavy atom. The summed E-state index contributed by atoms with van der Waals surface area (Å²) in [7, 11) is 0. The molecule has 0 radical (unpaired) electrons. The summed E-state index contributed by atoms with van der Waals surface area (Å²) < 4.78 is 18.6. The number of rotatable bonds is 10. The fourth-order valence-electron chi connectivity index (χ4n) is 3.39. The van der Waals surface area contributed by atoms with Crippen molar-refractivity contribution >= 4 is 11.6 Å². The van der Waals surface area contributed by atoms with Crippen LogP contribution in [0.3, 0.4) is 0 Å². The first-order valence-corrected chi connectivity index (χ1v) is 11.4. The van der Waals surface area contributed by atoms with Crippen LogP contribution in [0.5, 0.6) is 23.1 Å². The molecule has 0 aliphatic carbocycles. The maximum absolute atomic E-state index is 12.1. The number of carbonyl (C=O) groups excluding carboxylic acids is 1. The molecule has 0 atom stereocenters. The third-order valence-electron chi connectivity index (χ3n) is 5.12. The molecule has 0 spiro atoms. The van der Waals surface area contributed by atoms with Crippen LogP contribution in [0.25, 0.3) is 17.0 Å². The normalized spacial score (nSPS) is 10.7. The molecular formula is C27H23N5O4. The molecule has 3 aromatic carbocycles. The number of nitrogens with one attached hydrogen (secondary N) is 1. The molecule has 5 aromatic rings. The Morgan fingerprint density at radius 2 is 1.44 bits per heavy atom. The quantitative estimate of drug-likeness (QED) is 0.299. The van der Waals surface area contributed by atoms with E-state index >= 15 is 0 Å². The number of hydrogen-bond acceptors (Lipinski definition) is 7. The molecule has 0 unspecified atom stereocenters. The molecule has 0 aliphatic rings. The van der Waals surface area contributed by atoms with Crippen LogP contribution in [0, 0.1) is 0 Å². The summed E-state index contributed by atoms with van der Waals surface area (Å²) in [5.74, 6) is 2.79. The van der Waals surface area contributed by atoms with Crippen molar-refractivity contribution in [1.82, 2.24) is 25.1 Å². The minimum Gasteiger partial charge on any atom is -0.484 e. The summed E-state index contributed by atoms with van der Waals surface area (Å²) in [6, 6.07) is 29.8. The van der Waals surface area contributed by atoms with E-state index in [9.17, 15) is 4.79 Å². The number of amides is 1. The minimum absolute atomic E-state index is 0.107. The molecule has 2 aromatic heterocycles. The first-order valence-electron chi connectivity index (χ1n) is 11.4. The van der Waals surface area contributed by atoms with E-state index in [0.717, 1.165) is 11.3 Å². The molecule has 9 nitrogen and oxygen atoms in total. The largest absolute Gasteiger partial charge is 0.484 e. The smallest absolute Gasteiger partial charge is 0.258 e. The van der Waals surface area contributed by atoms with Gasteiger partial charge in [0.1, 0.15) is 23.9 Å². The first-order chi connectivity index (χ1) is 17.7. The highest BCUT2D eigenvalue weighted by Gasteiger charge is 2.10. The Labute approximate surface area is 207 Å². The van der Waals surface area contributed by atoms with Crippen LogP contribution in [-0.4, -0.2) is 45.5 Å². The van der Waals surface area contributed by atoms with Crippen LogP contribution in [-0.2, 0) is 4.79 Å². The van der Waals surface area contributed by atoms with Crippen LogP contribution in [0.15, 0.2) is 97.1 Å². The summed E-state index contributed by atoms with van der Waals surface area (Å²) >= 11 is 0. The Kier molecular flexibility index (Phi) is 6.98. The van der Waals surface area contributed by atoms with Crippen molar-refractivity contribution < 1.29 is 19.0 Å². The summed E-state index contributed by atoms with van der Waals surface area (Å²) in [5, 5.41) is 15.6. The van der Waals surface area contributed by atoms with E-state index in [1.165, 1.54) is 0 Å². The highest BCUT2D eigenvalue weighted by Crippen LogP contribution is 2.23. The number of nitrogens with zero attached hydrogens (tertiary/aromatic N) is 4. The van der Waals surface area contributed by atoms with Gasteiger partial charge in [0.05, 0.1) is 6.54 Å². The minimum atomic E-state index is -0.253. The third kappa shape index (κ3) is 5.76. The van der Waals surface area contributed by atoms with Gasteiger partial charge in [-0.3, -0.25) is 4.79 Å². The van der Waals surface area contributed by atoms with Crippen LogP contribution >= 0.6 is 0 Å². The van der Waals surface area contributed by atoms with Crippen LogP contribution < -0.4 is 19.5 Å². The van der Waals surface area contributed by atoms with E-state index in [1.54, 1.807) is 40.9 Å².